The molecule has 17 heavy (non-hydrogen) atoms. The summed E-state index contributed by atoms with van der Waals surface area (Å²) in [7, 11) is 0. The van der Waals surface area contributed by atoms with Crippen LogP contribution in [0.5, 0.6) is 0 Å². The van der Waals surface area contributed by atoms with E-state index >= 15 is 0 Å². The maximum atomic E-state index is 11.9. The van der Waals surface area contributed by atoms with Crippen molar-refractivity contribution in [2.75, 3.05) is 26.2 Å². The Balaban J connectivity index is 2.07. The van der Waals surface area contributed by atoms with Crippen molar-refractivity contribution < 1.29 is 4.79 Å². The van der Waals surface area contributed by atoms with Crippen molar-refractivity contribution >= 4 is 5.91 Å². The third-order valence-electron chi connectivity index (χ3n) is 2.63. The Labute approximate surface area is 96.8 Å². The van der Waals surface area contributed by atoms with Gasteiger partial charge in [0, 0.05) is 37.9 Å². The normalized spacial score (nSPS) is 15.9. The third-order valence-corrected chi connectivity index (χ3v) is 2.63. The topological polar surface area (TPSA) is 98.1 Å². The van der Waals surface area contributed by atoms with Gasteiger partial charge in [0.15, 0.2) is 0 Å². The molecule has 1 aromatic heterocycles. The van der Waals surface area contributed by atoms with Gasteiger partial charge in [-0.15, -0.1) is 0 Å². The largest absolute Gasteiger partial charge is 0.340 e. The maximum Gasteiger partial charge on any atom is 0.325 e. The molecule has 0 unspecified atom stereocenters. The van der Waals surface area contributed by atoms with E-state index in [4.69, 9.17) is 0 Å². The van der Waals surface area contributed by atoms with Gasteiger partial charge in [0.1, 0.15) is 0 Å². The highest BCUT2D eigenvalue weighted by molar-refractivity contribution is 5.78. The fourth-order valence-electron chi connectivity index (χ4n) is 1.80. The predicted molar refractivity (Wildman–Crippen MR) is 60.8 cm³/mol. The van der Waals surface area contributed by atoms with Gasteiger partial charge in [-0.25, -0.2) is 4.79 Å². The molecule has 1 aromatic rings. The number of carbonyl (C=O) groups is 1. The van der Waals surface area contributed by atoms with Crippen molar-refractivity contribution in [3.63, 3.8) is 0 Å². The molecule has 0 atom stereocenters. The SMILES string of the molecule is O=C(Cc1cc(=O)[nH]c(=O)[nH]1)N1CCNCC1. The molecule has 2 heterocycles. The highest BCUT2D eigenvalue weighted by Crippen LogP contribution is 1.98. The van der Waals surface area contributed by atoms with Gasteiger partial charge >= 0.3 is 5.69 Å². The van der Waals surface area contributed by atoms with E-state index in [9.17, 15) is 14.4 Å². The molecular formula is C10H14N4O3. The molecule has 7 nitrogen and oxygen atoms in total. The summed E-state index contributed by atoms with van der Waals surface area (Å²) in [5.41, 5.74) is -0.722. The zero-order chi connectivity index (χ0) is 12.3. The van der Waals surface area contributed by atoms with Crippen molar-refractivity contribution in [3.05, 3.63) is 32.6 Å². The lowest BCUT2D eigenvalue weighted by molar-refractivity contribution is -0.131. The molecular weight excluding hydrogens is 224 g/mol. The fourth-order valence-corrected chi connectivity index (χ4v) is 1.80. The van der Waals surface area contributed by atoms with Crippen LogP contribution in [0.1, 0.15) is 5.69 Å². The number of amides is 1. The van der Waals surface area contributed by atoms with Gasteiger partial charge in [-0.05, 0) is 0 Å². The average molecular weight is 238 g/mol. The Morgan fingerprint density at radius 1 is 1.24 bits per heavy atom. The second-order valence-corrected chi connectivity index (χ2v) is 3.92. The molecule has 2 rings (SSSR count). The van der Waals surface area contributed by atoms with Crippen LogP contribution >= 0.6 is 0 Å². The number of nitrogens with zero attached hydrogens (tertiary/aromatic N) is 1. The number of hydrogen-bond donors (Lipinski definition) is 3. The zero-order valence-corrected chi connectivity index (χ0v) is 9.28. The van der Waals surface area contributed by atoms with E-state index in [1.54, 1.807) is 4.90 Å². The van der Waals surface area contributed by atoms with Gasteiger partial charge in [0.2, 0.25) is 5.91 Å². The van der Waals surface area contributed by atoms with Gasteiger partial charge in [-0.1, -0.05) is 0 Å². The number of H-pyrrole nitrogens is 2. The summed E-state index contributed by atoms with van der Waals surface area (Å²) in [4.78, 5) is 40.2. The Hall–Kier alpha value is -1.89. The smallest absolute Gasteiger partial charge is 0.325 e. The minimum atomic E-state index is -0.583. The van der Waals surface area contributed by atoms with Crippen molar-refractivity contribution in [2.45, 2.75) is 6.42 Å². The van der Waals surface area contributed by atoms with E-state index in [-0.39, 0.29) is 12.3 Å². The molecule has 0 radical (unpaired) electrons. The second kappa shape index (κ2) is 4.96. The van der Waals surface area contributed by atoms with Crippen LogP contribution in [-0.2, 0) is 11.2 Å². The predicted octanol–water partition coefficient (Wildman–Crippen LogP) is -1.96. The van der Waals surface area contributed by atoms with Crippen molar-refractivity contribution in [1.29, 1.82) is 0 Å². The number of aromatic amines is 2. The minimum absolute atomic E-state index is 0.0547. The van der Waals surface area contributed by atoms with Gasteiger partial charge < -0.3 is 15.2 Å². The van der Waals surface area contributed by atoms with Crippen LogP contribution in [0.2, 0.25) is 0 Å². The average Bonchev–Trinajstić information content (AvgIpc) is 2.28. The molecule has 7 heteroatoms. The van der Waals surface area contributed by atoms with E-state index < -0.39 is 11.2 Å². The van der Waals surface area contributed by atoms with Crippen LogP contribution in [0.25, 0.3) is 0 Å². The van der Waals surface area contributed by atoms with E-state index in [0.717, 1.165) is 13.1 Å². The summed E-state index contributed by atoms with van der Waals surface area (Å²) in [6.45, 7) is 2.87. The Morgan fingerprint density at radius 2 is 1.94 bits per heavy atom. The lowest BCUT2D eigenvalue weighted by Gasteiger charge is -2.27. The first kappa shape index (κ1) is 11.6. The molecule has 0 saturated carbocycles. The number of aromatic nitrogens is 2. The Morgan fingerprint density at radius 3 is 2.59 bits per heavy atom. The first-order chi connectivity index (χ1) is 8.15. The van der Waals surface area contributed by atoms with Crippen LogP contribution < -0.4 is 16.6 Å². The Kier molecular flexibility index (Phi) is 3.38. The van der Waals surface area contributed by atoms with Crippen LogP contribution in [0.3, 0.4) is 0 Å². The lowest BCUT2D eigenvalue weighted by atomic mass is 10.2. The van der Waals surface area contributed by atoms with Crippen LogP contribution in [0.15, 0.2) is 15.7 Å². The second-order valence-electron chi connectivity index (χ2n) is 3.92. The molecule has 1 aliphatic heterocycles. The minimum Gasteiger partial charge on any atom is -0.340 e. The quantitative estimate of drug-likeness (QED) is 0.557. The highest BCUT2D eigenvalue weighted by atomic mass is 16.2. The van der Waals surface area contributed by atoms with Crippen molar-refractivity contribution in [1.82, 2.24) is 20.2 Å². The summed E-state index contributed by atoms with van der Waals surface area (Å²) < 4.78 is 0. The zero-order valence-electron chi connectivity index (χ0n) is 9.28. The summed E-state index contributed by atoms with van der Waals surface area (Å²) in [6.07, 6.45) is 0.0547. The van der Waals surface area contributed by atoms with Crippen LogP contribution in [0, 0.1) is 0 Å². The van der Waals surface area contributed by atoms with E-state index in [2.05, 4.69) is 15.3 Å². The van der Waals surface area contributed by atoms with E-state index in [1.165, 1.54) is 6.07 Å². The molecule has 92 valence electrons. The standard InChI is InChI=1S/C10H14N4O3/c15-8-5-7(12-10(17)13-8)6-9(16)14-3-1-11-2-4-14/h5,11H,1-4,6H2,(H2,12,13,15,17). The van der Waals surface area contributed by atoms with Gasteiger partial charge in [-0.2, -0.15) is 0 Å². The Bertz CT molecular complexity index is 485. The summed E-state index contributed by atoms with van der Waals surface area (Å²) >= 11 is 0. The lowest BCUT2D eigenvalue weighted by Crippen LogP contribution is -2.47. The van der Waals surface area contributed by atoms with E-state index in [1.807, 2.05) is 0 Å². The number of rotatable bonds is 2. The first-order valence-corrected chi connectivity index (χ1v) is 5.46. The van der Waals surface area contributed by atoms with Crippen LogP contribution in [0.4, 0.5) is 0 Å². The first-order valence-electron chi connectivity index (χ1n) is 5.46. The van der Waals surface area contributed by atoms with Gasteiger partial charge in [-0.3, -0.25) is 14.6 Å². The summed E-state index contributed by atoms with van der Waals surface area (Å²) in [5.74, 6) is -0.0762. The number of piperazine rings is 1. The molecule has 1 amide bonds. The molecule has 0 bridgehead atoms. The monoisotopic (exact) mass is 238 g/mol. The van der Waals surface area contributed by atoms with Crippen molar-refractivity contribution in [3.8, 4) is 0 Å². The van der Waals surface area contributed by atoms with Gasteiger partial charge in [0.05, 0.1) is 6.42 Å². The molecule has 0 aliphatic carbocycles. The summed E-state index contributed by atoms with van der Waals surface area (Å²) in [6, 6.07) is 1.24. The van der Waals surface area contributed by atoms with Gasteiger partial charge in [0.25, 0.3) is 5.56 Å². The third kappa shape index (κ3) is 3.04. The fraction of sp³-hybridized carbons (Fsp3) is 0.500. The molecule has 0 aromatic carbocycles. The molecule has 1 aliphatic rings. The molecule has 1 fully saturated rings. The number of hydrogen-bond acceptors (Lipinski definition) is 4. The molecule has 3 N–H and O–H groups in total. The molecule has 1 saturated heterocycles. The highest BCUT2D eigenvalue weighted by Gasteiger charge is 2.16. The van der Waals surface area contributed by atoms with E-state index in [0.29, 0.717) is 18.8 Å². The van der Waals surface area contributed by atoms with Crippen molar-refractivity contribution in [2.24, 2.45) is 0 Å². The van der Waals surface area contributed by atoms with Crippen LogP contribution in [-0.4, -0.2) is 47.0 Å². The number of carbonyl (C=O) groups excluding carboxylic acids is 1. The molecule has 0 spiro atoms. The maximum absolute atomic E-state index is 11.9. The number of nitrogens with one attached hydrogen (secondary N) is 3. The summed E-state index contributed by atoms with van der Waals surface area (Å²) in [5, 5.41) is 3.14.